The van der Waals surface area contributed by atoms with Crippen molar-refractivity contribution in [3.8, 4) is 0 Å². The second kappa shape index (κ2) is 5.88. The summed E-state index contributed by atoms with van der Waals surface area (Å²) in [7, 11) is 3.18. The fraction of sp³-hybridized carbons (Fsp3) is 0.615. The first-order valence-corrected chi connectivity index (χ1v) is 7.21. The number of nitrogens with zero attached hydrogens (tertiary/aromatic N) is 2. The van der Waals surface area contributed by atoms with Gasteiger partial charge in [0.15, 0.2) is 16.6 Å². The fourth-order valence-electron chi connectivity index (χ4n) is 2.30. The van der Waals surface area contributed by atoms with Crippen molar-refractivity contribution >= 4 is 28.2 Å². The minimum Gasteiger partial charge on any atom is -0.464 e. The molecule has 7 heteroatoms. The van der Waals surface area contributed by atoms with E-state index in [1.165, 1.54) is 25.4 Å². The van der Waals surface area contributed by atoms with E-state index in [2.05, 4.69) is 9.72 Å². The van der Waals surface area contributed by atoms with Crippen LogP contribution in [-0.2, 0) is 9.47 Å². The third kappa shape index (κ3) is 2.69. The van der Waals surface area contributed by atoms with Gasteiger partial charge in [-0.1, -0.05) is 11.3 Å². The second-order valence-electron chi connectivity index (χ2n) is 4.76. The highest BCUT2D eigenvalue weighted by Crippen LogP contribution is 2.31. The molecular formula is C13H18N2O4S. The van der Waals surface area contributed by atoms with Gasteiger partial charge in [-0.15, -0.1) is 0 Å². The number of carbonyl (C=O) groups is 2. The number of hydrogen-bond donors (Lipinski definition) is 0. The third-order valence-corrected chi connectivity index (χ3v) is 4.70. The first-order valence-electron chi connectivity index (χ1n) is 6.40. The lowest BCUT2D eigenvalue weighted by Crippen LogP contribution is -2.36. The maximum Gasteiger partial charge on any atom is 0.358 e. The van der Waals surface area contributed by atoms with Crippen molar-refractivity contribution in [1.29, 1.82) is 0 Å². The lowest BCUT2D eigenvalue weighted by molar-refractivity contribution is 0.0591. The molecule has 0 aromatic carbocycles. The van der Waals surface area contributed by atoms with Crippen LogP contribution in [0.3, 0.4) is 0 Å². The summed E-state index contributed by atoms with van der Waals surface area (Å²) in [5.41, 5.74) is 0.0958. The van der Waals surface area contributed by atoms with Gasteiger partial charge in [-0.2, -0.15) is 0 Å². The van der Waals surface area contributed by atoms with Crippen LogP contribution >= 0.6 is 11.3 Å². The van der Waals surface area contributed by atoms with Crippen LogP contribution in [0.1, 0.15) is 40.4 Å². The Kier molecular flexibility index (Phi) is 4.39. The van der Waals surface area contributed by atoms with E-state index in [0.29, 0.717) is 16.6 Å². The lowest BCUT2D eigenvalue weighted by Gasteiger charge is -2.25. The van der Waals surface area contributed by atoms with Gasteiger partial charge in [-0.05, 0) is 13.3 Å². The summed E-state index contributed by atoms with van der Waals surface area (Å²) in [5.74, 6) is -0.764. The number of Topliss-reactive ketones (excluding diaryl/α,β-unsaturated/α-hetero) is 1. The molecule has 0 spiro atoms. The molecule has 110 valence electrons. The van der Waals surface area contributed by atoms with E-state index < -0.39 is 5.97 Å². The number of esters is 1. The van der Waals surface area contributed by atoms with Crippen LogP contribution in [0.25, 0.3) is 0 Å². The first kappa shape index (κ1) is 14.9. The number of methoxy groups -OCH3 is 1. The van der Waals surface area contributed by atoms with Gasteiger partial charge in [0.25, 0.3) is 0 Å². The van der Waals surface area contributed by atoms with Crippen LogP contribution in [-0.4, -0.2) is 49.6 Å². The monoisotopic (exact) mass is 298 g/mol. The molecule has 0 saturated carbocycles. The lowest BCUT2D eigenvalue weighted by atomic mass is 10.1. The molecule has 1 aliphatic heterocycles. The molecule has 2 unspecified atom stereocenters. The Labute approximate surface area is 121 Å². The number of carbonyl (C=O) groups excluding carboxylic acids is 2. The number of ether oxygens (including phenoxy) is 2. The number of hydrogen-bond acceptors (Lipinski definition) is 7. The number of thiazole rings is 1. The van der Waals surface area contributed by atoms with E-state index in [4.69, 9.17) is 4.74 Å². The SMILES string of the molecule is COC(=O)c1nc(N(C)C2CCOC2C)sc1C(C)=O. The molecule has 1 aromatic rings. The Bertz CT molecular complexity index is 528. The van der Waals surface area contributed by atoms with Crippen molar-refractivity contribution in [3.63, 3.8) is 0 Å². The molecule has 2 atom stereocenters. The number of anilines is 1. The van der Waals surface area contributed by atoms with Crippen LogP contribution in [0.4, 0.5) is 5.13 Å². The molecule has 2 heterocycles. The van der Waals surface area contributed by atoms with Gasteiger partial charge in [0.1, 0.15) is 4.88 Å². The van der Waals surface area contributed by atoms with E-state index in [-0.39, 0.29) is 23.6 Å². The molecule has 0 N–H and O–H groups in total. The zero-order chi connectivity index (χ0) is 14.9. The second-order valence-corrected chi connectivity index (χ2v) is 5.74. The van der Waals surface area contributed by atoms with Gasteiger partial charge in [0, 0.05) is 20.6 Å². The Balaban J connectivity index is 2.33. The maximum absolute atomic E-state index is 11.7. The number of likely N-dealkylation sites (N-methyl/N-ethyl adjacent to an activating group) is 1. The highest BCUT2D eigenvalue weighted by Gasteiger charge is 2.31. The average molecular weight is 298 g/mol. The molecule has 0 radical (unpaired) electrons. The van der Waals surface area contributed by atoms with Crippen molar-refractivity contribution in [1.82, 2.24) is 4.98 Å². The van der Waals surface area contributed by atoms with Crippen LogP contribution < -0.4 is 4.90 Å². The Morgan fingerprint density at radius 1 is 1.50 bits per heavy atom. The standard InChI is InChI=1S/C13H18N2O4S/c1-7(16)11-10(12(17)18-4)14-13(20-11)15(3)9-5-6-19-8(9)2/h8-9H,5-6H2,1-4H3. The summed E-state index contributed by atoms with van der Waals surface area (Å²) in [6.45, 7) is 4.14. The van der Waals surface area contributed by atoms with Crippen molar-refractivity contribution < 1.29 is 19.1 Å². The van der Waals surface area contributed by atoms with Crippen LogP contribution in [0.15, 0.2) is 0 Å². The topological polar surface area (TPSA) is 68.7 Å². The molecule has 0 aliphatic carbocycles. The Morgan fingerprint density at radius 2 is 2.20 bits per heavy atom. The molecule has 0 bridgehead atoms. The predicted octanol–water partition coefficient (Wildman–Crippen LogP) is 1.75. The van der Waals surface area contributed by atoms with Crippen molar-refractivity contribution in [3.05, 3.63) is 10.6 Å². The molecule has 2 rings (SSSR count). The summed E-state index contributed by atoms with van der Waals surface area (Å²) < 4.78 is 10.2. The van der Waals surface area contributed by atoms with E-state index >= 15 is 0 Å². The summed E-state index contributed by atoms with van der Waals surface area (Å²) in [6.07, 6.45) is 1.01. The van der Waals surface area contributed by atoms with Crippen molar-refractivity contribution in [2.24, 2.45) is 0 Å². The molecule has 0 amide bonds. The van der Waals surface area contributed by atoms with Crippen LogP contribution in [0, 0.1) is 0 Å². The van der Waals surface area contributed by atoms with Gasteiger partial charge in [-0.3, -0.25) is 4.79 Å². The predicted molar refractivity (Wildman–Crippen MR) is 75.7 cm³/mol. The van der Waals surface area contributed by atoms with E-state index in [0.717, 1.165) is 6.42 Å². The van der Waals surface area contributed by atoms with E-state index in [1.807, 2.05) is 18.9 Å². The summed E-state index contributed by atoms with van der Waals surface area (Å²) in [4.78, 5) is 29.9. The van der Waals surface area contributed by atoms with Crippen molar-refractivity contribution in [2.75, 3.05) is 25.7 Å². The zero-order valence-corrected chi connectivity index (χ0v) is 12.8. The molecule has 1 fully saturated rings. The fourth-order valence-corrected chi connectivity index (χ4v) is 3.27. The molecule has 6 nitrogen and oxygen atoms in total. The number of aromatic nitrogens is 1. The minimum absolute atomic E-state index is 0.0958. The number of rotatable bonds is 4. The van der Waals surface area contributed by atoms with Crippen molar-refractivity contribution in [2.45, 2.75) is 32.4 Å². The van der Waals surface area contributed by atoms with Gasteiger partial charge >= 0.3 is 5.97 Å². The Morgan fingerprint density at radius 3 is 2.70 bits per heavy atom. The highest BCUT2D eigenvalue weighted by molar-refractivity contribution is 7.17. The summed E-state index contributed by atoms with van der Waals surface area (Å²) >= 11 is 1.22. The summed E-state index contributed by atoms with van der Waals surface area (Å²) in [6, 6.07) is 0.200. The highest BCUT2D eigenvalue weighted by atomic mass is 32.1. The third-order valence-electron chi connectivity index (χ3n) is 3.45. The van der Waals surface area contributed by atoms with Gasteiger partial charge in [-0.25, -0.2) is 9.78 Å². The van der Waals surface area contributed by atoms with E-state index in [9.17, 15) is 9.59 Å². The van der Waals surface area contributed by atoms with Gasteiger partial charge in [0.2, 0.25) is 0 Å². The van der Waals surface area contributed by atoms with Gasteiger partial charge < -0.3 is 14.4 Å². The van der Waals surface area contributed by atoms with E-state index in [1.54, 1.807) is 0 Å². The largest absolute Gasteiger partial charge is 0.464 e. The molecule has 20 heavy (non-hydrogen) atoms. The minimum atomic E-state index is -0.582. The van der Waals surface area contributed by atoms with Crippen LogP contribution in [0.5, 0.6) is 0 Å². The Hall–Kier alpha value is -1.47. The molecule has 1 saturated heterocycles. The normalized spacial score (nSPS) is 21.8. The average Bonchev–Trinajstić information content (AvgIpc) is 3.03. The van der Waals surface area contributed by atoms with Gasteiger partial charge in [0.05, 0.1) is 19.3 Å². The summed E-state index contributed by atoms with van der Waals surface area (Å²) in [5, 5.41) is 0.637. The smallest absolute Gasteiger partial charge is 0.358 e. The molecule has 1 aromatic heterocycles. The maximum atomic E-state index is 11.7. The molecule has 1 aliphatic rings. The zero-order valence-electron chi connectivity index (χ0n) is 12.0. The first-order chi connectivity index (χ1) is 9.45. The quantitative estimate of drug-likeness (QED) is 0.623. The number of ketones is 1. The molecular weight excluding hydrogens is 280 g/mol. The van der Waals surface area contributed by atoms with Crippen LogP contribution in [0.2, 0.25) is 0 Å².